The molecule has 0 aliphatic heterocycles. The summed E-state index contributed by atoms with van der Waals surface area (Å²) in [5.41, 5.74) is -0.693. The molecule has 1 aromatic carbocycles. The zero-order chi connectivity index (χ0) is 9.73. The highest BCUT2D eigenvalue weighted by atomic mass is 16.5. The van der Waals surface area contributed by atoms with Gasteiger partial charge in [-0.25, -0.2) is 0 Å². The van der Waals surface area contributed by atoms with Gasteiger partial charge in [0, 0.05) is 0 Å². The summed E-state index contributed by atoms with van der Waals surface area (Å²) in [6, 6.07) is 9.37. The quantitative estimate of drug-likeness (QED) is 0.714. The van der Waals surface area contributed by atoms with E-state index in [0.717, 1.165) is 5.75 Å². The minimum atomic E-state index is -0.693. The van der Waals surface area contributed by atoms with Crippen LogP contribution >= 0.6 is 0 Å². The first-order valence-electron chi connectivity index (χ1n) is 4.19. The van der Waals surface area contributed by atoms with Crippen molar-refractivity contribution in [2.45, 2.75) is 12.5 Å². The molecule has 0 fully saturated rings. The molecule has 0 heterocycles. The number of rotatable bonds is 4. The highest BCUT2D eigenvalue weighted by Crippen LogP contribution is 2.18. The Labute approximate surface area is 78.5 Å². The highest BCUT2D eigenvalue weighted by Gasteiger charge is 2.20. The molecule has 13 heavy (non-hydrogen) atoms. The van der Waals surface area contributed by atoms with Gasteiger partial charge in [0.05, 0.1) is 6.61 Å². The van der Waals surface area contributed by atoms with Crippen molar-refractivity contribution in [3.8, 4) is 5.75 Å². The van der Waals surface area contributed by atoms with Gasteiger partial charge in [-0.15, -0.1) is 0 Å². The number of aliphatic hydroxyl groups excluding tert-OH is 1. The van der Waals surface area contributed by atoms with Crippen LogP contribution in [-0.2, 0) is 0 Å². The largest absolute Gasteiger partial charge is 0.481 e. The molecule has 1 aromatic rings. The summed E-state index contributed by atoms with van der Waals surface area (Å²) in [5, 5.41) is 9.05. The Bertz CT molecular complexity index is 269. The summed E-state index contributed by atoms with van der Waals surface area (Å²) < 4.78 is 5.53. The van der Waals surface area contributed by atoms with Gasteiger partial charge in [-0.1, -0.05) is 24.8 Å². The number of hydrogen-bond acceptors (Lipinski definition) is 2. The zero-order valence-electron chi connectivity index (χ0n) is 7.73. The van der Waals surface area contributed by atoms with Crippen molar-refractivity contribution in [1.82, 2.24) is 0 Å². The van der Waals surface area contributed by atoms with Gasteiger partial charge in [0.2, 0.25) is 0 Å². The summed E-state index contributed by atoms with van der Waals surface area (Å²) in [7, 11) is 0. The van der Waals surface area contributed by atoms with Crippen molar-refractivity contribution < 1.29 is 9.84 Å². The summed E-state index contributed by atoms with van der Waals surface area (Å²) in [5.74, 6) is 0.735. The maximum absolute atomic E-state index is 9.05. The third-order valence-electron chi connectivity index (χ3n) is 1.84. The minimum absolute atomic E-state index is 0.0780. The Hall–Kier alpha value is -1.28. The number of ether oxygens (including phenoxy) is 1. The summed E-state index contributed by atoms with van der Waals surface area (Å²) >= 11 is 0. The second kappa shape index (κ2) is 4.10. The van der Waals surface area contributed by atoms with Gasteiger partial charge in [-0.05, 0) is 25.1 Å². The van der Waals surface area contributed by atoms with E-state index in [9.17, 15) is 0 Å². The van der Waals surface area contributed by atoms with Gasteiger partial charge in [0.1, 0.15) is 11.4 Å². The van der Waals surface area contributed by atoms with Crippen LogP contribution in [0.1, 0.15) is 6.92 Å². The van der Waals surface area contributed by atoms with Gasteiger partial charge in [-0.2, -0.15) is 0 Å². The van der Waals surface area contributed by atoms with E-state index in [2.05, 4.69) is 6.58 Å². The van der Waals surface area contributed by atoms with Crippen LogP contribution in [0.4, 0.5) is 0 Å². The molecular formula is C11H14O2. The molecule has 0 radical (unpaired) electrons. The first kappa shape index (κ1) is 9.81. The molecule has 1 unspecified atom stereocenters. The molecule has 0 bridgehead atoms. The second-order valence-electron chi connectivity index (χ2n) is 3.09. The Morgan fingerprint density at radius 2 is 2.08 bits per heavy atom. The van der Waals surface area contributed by atoms with Gasteiger partial charge < -0.3 is 9.84 Å². The van der Waals surface area contributed by atoms with E-state index >= 15 is 0 Å². The molecule has 0 aliphatic carbocycles. The van der Waals surface area contributed by atoms with Crippen molar-refractivity contribution in [2.75, 3.05) is 6.61 Å². The molecule has 0 aliphatic rings. The molecule has 2 nitrogen and oxygen atoms in total. The van der Waals surface area contributed by atoms with E-state index in [1.165, 1.54) is 0 Å². The topological polar surface area (TPSA) is 29.5 Å². The fourth-order valence-electron chi connectivity index (χ4n) is 0.896. The molecule has 0 amide bonds. The van der Waals surface area contributed by atoms with Crippen molar-refractivity contribution >= 4 is 0 Å². The Kier molecular flexibility index (Phi) is 3.09. The third-order valence-corrected chi connectivity index (χ3v) is 1.84. The average Bonchev–Trinajstić information content (AvgIpc) is 2.19. The van der Waals surface area contributed by atoms with E-state index in [0.29, 0.717) is 0 Å². The van der Waals surface area contributed by atoms with Crippen LogP contribution in [0.3, 0.4) is 0 Å². The van der Waals surface area contributed by atoms with Crippen LogP contribution in [0.2, 0.25) is 0 Å². The monoisotopic (exact) mass is 178 g/mol. The Balaban J connectivity index is 2.73. The van der Waals surface area contributed by atoms with E-state index in [-0.39, 0.29) is 6.61 Å². The molecule has 70 valence electrons. The SMILES string of the molecule is C=CC(C)(CO)Oc1ccccc1. The third kappa shape index (κ3) is 2.60. The molecule has 0 aromatic heterocycles. The van der Waals surface area contributed by atoms with Gasteiger partial charge >= 0.3 is 0 Å². The lowest BCUT2D eigenvalue weighted by Gasteiger charge is -2.24. The standard InChI is InChI=1S/C11H14O2/c1-3-11(2,9-12)13-10-7-5-4-6-8-10/h3-8,12H,1,9H2,2H3. The predicted molar refractivity (Wildman–Crippen MR) is 52.8 cm³/mol. The van der Waals surface area contributed by atoms with Crippen LogP contribution < -0.4 is 4.74 Å². The smallest absolute Gasteiger partial charge is 0.147 e. The molecule has 1 rings (SSSR count). The van der Waals surface area contributed by atoms with Gasteiger partial charge in [-0.3, -0.25) is 0 Å². The lowest BCUT2D eigenvalue weighted by Crippen LogP contribution is -2.33. The highest BCUT2D eigenvalue weighted by molar-refractivity contribution is 5.22. The normalized spacial score (nSPS) is 14.6. The van der Waals surface area contributed by atoms with E-state index in [1.54, 1.807) is 13.0 Å². The maximum atomic E-state index is 9.05. The van der Waals surface area contributed by atoms with Crippen molar-refractivity contribution in [3.63, 3.8) is 0 Å². The van der Waals surface area contributed by atoms with E-state index < -0.39 is 5.60 Å². The number of para-hydroxylation sites is 1. The molecule has 0 saturated carbocycles. The van der Waals surface area contributed by atoms with E-state index in [1.807, 2.05) is 30.3 Å². The number of hydrogen-bond donors (Lipinski definition) is 1. The van der Waals surface area contributed by atoms with Crippen molar-refractivity contribution in [1.29, 1.82) is 0 Å². The average molecular weight is 178 g/mol. The van der Waals surface area contributed by atoms with Gasteiger partial charge in [0.25, 0.3) is 0 Å². The van der Waals surface area contributed by atoms with E-state index in [4.69, 9.17) is 9.84 Å². The summed E-state index contributed by atoms with van der Waals surface area (Å²) in [6.07, 6.45) is 1.60. The van der Waals surface area contributed by atoms with Crippen LogP contribution in [0.25, 0.3) is 0 Å². The van der Waals surface area contributed by atoms with Crippen LogP contribution in [0, 0.1) is 0 Å². The summed E-state index contributed by atoms with van der Waals surface area (Å²) in [6.45, 7) is 5.32. The Morgan fingerprint density at radius 3 is 2.54 bits per heavy atom. The molecular weight excluding hydrogens is 164 g/mol. The summed E-state index contributed by atoms with van der Waals surface area (Å²) in [4.78, 5) is 0. The first-order valence-corrected chi connectivity index (χ1v) is 4.19. The first-order chi connectivity index (χ1) is 6.20. The van der Waals surface area contributed by atoms with Crippen LogP contribution in [0.15, 0.2) is 43.0 Å². The number of aliphatic hydroxyl groups is 1. The lowest BCUT2D eigenvalue weighted by molar-refractivity contribution is 0.0662. The molecule has 0 saturated heterocycles. The fraction of sp³-hybridized carbons (Fsp3) is 0.273. The maximum Gasteiger partial charge on any atom is 0.147 e. The fourth-order valence-corrected chi connectivity index (χ4v) is 0.896. The number of benzene rings is 1. The predicted octanol–water partition coefficient (Wildman–Crippen LogP) is 2.00. The van der Waals surface area contributed by atoms with Gasteiger partial charge in [0.15, 0.2) is 0 Å². The molecule has 1 N–H and O–H groups in total. The van der Waals surface area contributed by atoms with Crippen molar-refractivity contribution in [2.24, 2.45) is 0 Å². The van der Waals surface area contributed by atoms with Crippen LogP contribution in [-0.4, -0.2) is 17.3 Å². The van der Waals surface area contributed by atoms with Crippen molar-refractivity contribution in [3.05, 3.63) is 43.0 Å². The second-order valence-corrected chi connectivity index (χ2v) is 3.09. The molecule has 2 heteroatoms. The molecule has 1 atom stereocenters. The zero-order valence-corrected chi connectivity index (χ0v) is 7.73. The Morgan fingerprint density at radius 1 is 1.46 bits per heavy atom. The lowest BCUT2D eigenvalue weighted by atomic mass is 10.1. The van der Waals surface area contributed by atoms with Crippen LogP contribution in [0.5, 0.6) is 5.75 Å². The molecule has 0 spiro atoms. The minimum Gasteiger partial charge on any atom is -0.481 e.